The second-order valence-electron chi connectivity index (χ2n) is 5.76. The summed E-state index contributed by atoms with van der Waals surface area (Å²) in [7, 11) is -1.50. The van der Waals surface area contributed by atoms with E-state index in [0.29, 0.717) is 18.0 Å². The molecule has 23 heavy (non-hydrogen) atoms. The lowest BCUT2D eigenvalue weighted by Crippen LogP contribution is -2.49. The second kappa shape index (κ2) is 6.73. The largest absolute Gasteiger partial charge is 0.303 e. The van der Waals surface area contributed by atoms with E-state index in [1.807, 2.05) is 43.4 Å². The first kappa shape index (κ1) is 16.6. The van der Waals surface area contributed by atoms with Crippen LogP contribution in [0.15, 0.2) is 64.0 Å². The standard InChI is InChI=1S/C17H19BrN2O2S/c1-19-10-11-20(17(13-19)14-6-3-2-4-7-14)23(21,22)16-9-5-8-15(18)12-16/h2-9,12,17H,10-11,13H2,1H3. The Morgan fingerprint density at radius 2 is 1.78 bits per heavy atom. The molecule has 0 aliphatic carbocycles. The molecule has 1 unspecified atom stereocenters. The number of likely N-dealkylation sites (N-methyl/N-ethyl adjacent to an activating group) is 1. The number of sulfonamides is 1. The first-order valence-electron chi connectivity index (χ1n) is 7.49. The molecule has 0 spiro atoms. The van der Waals surface area contributed by atoms with E-state index >= 15 is 0 Å². The van der Waals surface area contributed by atoms with Gasteiger partial charge in [0.15, 0.2) is 0 Å². The fourth-order valence-electron chi connectivity index (χ4n) is 2.90. The van der Waals surface area contributed by atoms with E-state index in [1.54, 1.807) is 22.5 Å². The minimum atomic E-state index is -3.53. The number of hydrogen-bond acceptors (Lipinski definition) is 3. The van der Waals surface area contributed by atoms with Crippen molar-refractivity contribution in [2.24, 2.45) is 0 Å². The van der Waals surface area contributed by atoms with Gasteiger partial charge in [-0.3, -0.25) is 0 Å². The van der Waals surface area contributed by atoms with Gasteiger partial charge in [0.25, 0.3) is 0 Å². The van der Waals surface area contributed by atoms with Crippen molar-refractivity contribution in [1.29, 1.82) is 0 Å². The van der Waals surface area contributed by atoms with E-state index < -0.39 is 10.0 Å². The van der Waals surface area contributed by atoms with Crippen molar-refractivity contribution >= 4 is 26.0 Å². The van der Waals surface area contributed by atoms with Crippen molar-refractivity contribution in [3.8, 4) is 0 Å². The van der Waals surface area contributed by atoms with Crippen LogP contribution in [0.4, 0.5) is 0 Å². The third-order valence-corrected chi connectivity index (χ3v) is 6.52. The summed E-state index contributed by atoms with van der Waals surface area (Å²) in [4.78, 5) is 2.50. The molecular weight excluding hydrogens is 376 g/mol. The van der Waals surface area contributed by atoms with Crippen molar-refractivity contribution < 1.29 is 8.42 Å². The zero-order valence-corrected chi connectivity index (χ0v) is 15.3. The van der Waals surface area contributed by atoms with Gasteiger partial charge in [-0.15, -0.1) is 0 Å². The predicted octanol–water partition coefficient (Wildman–Crippen LogP) is 3.13. The highest BCUT2D eigenvalue weighted by atomic mass is 79.9. The summed E-state index contributed by atoms with van der Waals surface area (Å²) in [5.74, 6) is 0. The van der Waals surface area contributed by atoms with E-state index in [1.165, 1.54) is 0 Å². The number of rotatable bonds is 3. The molecule has 1 fully saturated rings. The Hall–Kier alpha value is -1.21. The van der Waals surface area contributed by atoms with Crippen molar-refractivity contribution in [2.45, 2.75) is 10.9 Å². The average molecular weight is 395 g/mol. The van der Waals surface area contributed by atoms with E-state index in [2.05, 4.69) is 20.8 Å². The van der Waals surface area contributed by atoms with Crippen LogP contribution in [-0.2, 0) is 10.0 Å². The van der Waals surface area contributed by atoms with Gasteiger partial charge in [-0.2, -0.15) is 4.31 Å². The van der Waals surface area contributed by atoms with Crippen molar-refractivity contribution in [3.63, 3.8) is 0 Å². The van der Waals surface area contributed by atoms with Gasteiger partial charge in [-0.25, -0.2) is 8.42 Å². The molecule has 122 valence electrons. The molecule has 0 aromatic heterocycles. The predicted molar refractivity (Wildman–Crippen MR) is 94.7 cm³/mol. The lowest BCUT2D eigenvalue weighted by atomic mass is 10.1. The Morgan fingerprint density at radius 1 is 1.04 bits per heavy atom. The van der Waals surface area contributed by atoms with E-state index in [-0.39, 0.29) is 6.04 Å². The first-order valence-corrected chi connectivity index (χ1v) is 9.73. The number of hydrogen-bond donors (Lipinski definition) is 0. The molecule has 1 heterocycles. The fourth-order valence-corrected chi connectivity index (χ4v) is 5.09. The van der Waals surface area contributed by atoms with Crippen molar-refractivity contribution in [2.75, 3.05) is 26.7 Å². The molecule has 1 saturated heterocycles. The van der Waals surface area contributed by atoms with Gasteiger partial charge >= 0.3 is 0 Å². The van der Waals surface area contributed by atoms with Crippen LogP contribution in [0.25, 0.3) is 0 Å². The Labute approximate surface area is 145 Å². The summed E-state index contributed by atoms with van der Waals surface area (Å²) in [5, 5.41) is 0. The van der Waals surface area contributed by atoms with Gasteiger partial charge in [0.2, 0.25) is 10.0 Å². The molecule has 0 bridgehead atoms. The normalized spacial score (nSPS) is 20.5. The van der Waals surface area contributed by atoms with Crippen LogP contribution in [0.2, 0.25) is 0 Å². The molecule has 1 aliphatic rings. The van der Waals surface area contributed by atoms with Crippen molar-refractivity contribution in [3.05, 3.63) is 64.6 Å². The third kappa shape index (κ3) is 3.50. The number of piperazine rings is 1. The number of halogens is 1. The van der Waals surface area contributed by atoms with Gasteiger partial charge in [-0.05, 0) is 30.8 Å². The molecule has 0 radical (unpaired) electrons. The van der Waals surface area contributed by atoms with Crippen LogP contribution in [0.1, 0.15) is 11.6 Å². The number of benzene rings is 2. The molecule has 1 atom stereocenters. The van der Waals surface area contributed by atoms with Gasteiger partial charge in [0.05, 0.1) is 10.9 Å². The van der Waals surface area contributed by atoms with Crippen LogP contribution >= 0.6 is 15.9 Å². The van der Waals surface area contributed by atoms with Crippen LogP contribution in [-0.4, -0.2) is 44.3 Å². The van der Waals surface area contributed by atoms with Crippen molar-refractivity contribution in [1.82, 2.24) is 9.21 Å². The Balaban J connectivity index is 2.01. The molecule has 0 N–H and O–H groups in total. The molecule has 4 nitrogen and oxygen atoms in total. The molecule has 2 aromatic carbocycles. The lowest BCUT2D eigenvalue weighted by molar-refractivity contribution is 0.160. The first-order chi connectivity index (χ1) is 11.0. The zero-order valence-electron chi connectivity index (χ0n) is 12.9. The highest BCUT2D eigenvalue weighted by Crippen LogP contribution is 2.31. The smallest absolute Gasteiger partial charge is 0.243 e. The van der Waals surface area contributed by atoms with Gasteiger partial charge in [0.1, 0.15) is 0 Å². The van der Waals surface area contributed by atoms with E-state index in [0.717, 1.165) is 16.6 Å². The summed E-state index contributed by atoms with van der Waals surface area (Å²) in [6, 6.07) is 16.6. The van der Waals surface area contributed by atoms with Crippen LogP contribution < -0.4 is 0 Å². The fraction of sp³-hybridized carbons (Fsp3) is 0.294. The average Bonchev–Trinajstić information content (AvgIpc) is 2.55. The van der Waals surface area contributed by atoms with Crippen LogP contribution in [0, 0.1) is 0 Å². The minimum absolute atomic E-state index is 0.168. The molecular formula is C17H19BrN2O2S. The topological polar surface area (TPSA) is 40.6 Å². The SMILES string of the molecule is CN1CCN(S(=O)(=O)c2cccc(Br)c2)C(c2ccccc2)C1. The molecule has 0 saturated carbocycles. The lowest BCUT2D eigenvalue weighted by Gasteiger charge is -2.39. The number of nitrogens with zero attached hydrogens (tertiary/aromatic N) is 2. The third-order valence-electron chi connectivity index (χ3n) is 4.12. The zero-order chi connectivity index (χ0) is 16.4. The monoisotopic (exact) mass is 394 g/mol. The Kier molecular flexibility index (Phi) is 4.87. The van der Waals surface area contributed by atoms with E-state index in [4.69, 9.17) is 0 Å². The van der Waals surface area contributed by atoms with Gasteiger partial charge in [0, 0.05) is 24.1 Å². The maximum atomic E-state index is 13.1. The summed E-state index contributed by atoms with van der Waals surface area (Å²) in [6.45, 7) is 1.92. The Morgan fingerprint density at radius 3 is 2.48 bits per heavy atom. The van der Waals surface area contributed by atoms with E-state index in [9.17, 15) is 8.42 Å². The van der Waals surface area contributed by atoms with Crippen LogP contribution in [0.3, 0.4) is 0 Å². The summed E-state index contributed by atoms with van der Waals surface area (Å²) in [6.07, 6.45) is 0. The molecule has 2 aromatic rings. The highest BCUT2D eigenvalue weighted by Gasteiger charge is 2.36. The van der Waals surface area contributed by atoms with Gasteiger partial charge in [-0.1, -0.05) is 52.3 Å². The maximum Gasteiger partial charge on any atom is 0.243 e. The molecule has 0 amide bonds. The maximum absolute atomic E-state index is 13.1. The molecule has 3 rings (SSSR count). The molecule has 1 aliphatic heterocycles. The van der Waals surface area contributed by atoms with Gasteiger partial charge < -0.3 is 4.90 Å². The second-order valence-corrected chi connectivity index (χ2v) is 8.57. The summed E-state index contributed by atoms with van der Waals surface area (Å²) in [5.41, 5.74) is 1.03. The highest BCUT2D eigenvalue weighted by molar-refractivity contribution is 9.10. The van der Waals surface area contributed by atoms with Crippen LogP contribution in [0.5, 0.6) is 0 Å². The summed E-state index contributed by atoms with van der Waals surface area (Å²) < 4.78 is 28.6. The quantitative estimate of drug-likeness (QED) is 0.802. The Bertz CT molecular complexity index is 780. The molecule has 6 heteroatoms. The minimum Gasteiger partial charge on any atom is -0.303 e. The summed E-state index contributed by atoms with van der Waals surface area (Å²) >= 11 is 3.36.